The second kappa shape index (κ2) is 5.86. The summed E-state index contributed by atoms with van der Waals surface area (Å²) in [5.41, 5.74) is -3.31. The molecular weight excluding hydrogens is 360 g/mol. The Hall–Kier alpha value is -3.28. The maximum atomic E-state index is 10.2. The zero-order chi connectivity index (χ0) is 20.2. The predicted molar refractivity (Wildman–Crippen MR) is 93.7 cm³/mol. The number of aromatic hydroxyl groups is 1. The van der Waals surface area contributed by atoms with Gasteiger partial charge in [-0.2, -0.15) is 15.8 Å². The minimum atomic E-state index is -1.98. The van der Waals surface area contributed by atoms with E-state index in [2.05, 4.69) is 6.07 Å². The fourth-order valence-corrected chi connectivity index (χ4v) is 5.02. The molecule has 0 aromatic heterocycles. The maximum Gasteiger partial charge on any atom is 0.217 e. The molecule has 2 heterocycles. The van der Waals surface area contributed by atoms with Crippen LogP contribution in [0.15, 0.2) is 18.2 Å². The molecule has 0 radical (unpaired) electrons. The van der Waals surface area contributed by atoms with Crippen LogP contribution >= 0.6 is 0 Å². The zero-order valence-corrected chi connectivity index (χ0v) is 15.2. The topological polar surface area (TPSA) is 143 Å². The molecule has 142 valence electrons. The van der Waals surface area contributed by atoms with Gasteiger partial charge in [0.05, 0.1) is 31.2 Å². The molecule has 2 saturated heterocycles. The van der Waals surface area contributed by atoms with Gasteiger partial charge in [-0.3, -0.25) is 5.41 Å². The summed E-state index contributed by atoms with van der Waals surface area (Å²) in [6.07, 6.45) is 1.46. The highest BCUT2D eigenvalue weighted by atomic mass is 16.7. The molecule has 3 aliphatic rings. The number of nitriles is 3. The van der Waals surface area contributed by atoms with Gasteiger partial charge < -0.3 is 19.3 Å². The average Bonchev–Trinajstić information content (AvgIpc) is 2.93. The van der Waals surface area contributed by atoms with E-state index in [9.17, 15) is 20.9 Å². The van der Waals surface area contributed by atoms with Crippen molar-refractivity contribution in [2.75, 3.05) is 7.11 Å². The number of ether oxygens (including phenoxy) is 3. The summed E-state index contributed by atoms with van der Waals surface area (Å²) in [4.78, 5) is 0. The normalized spacial score (nSPS) is 34.9. The molecule has 8 nitrogen and oxygen atoms in total. The summed E-state index contributed by atoms with van der Waals surface area (Å²) in [6, 6.07) is 10.6. The highest BCUT2D eigenvalue weighted by Gasteiger charge is 2.80. The van der Waals surface area contributed by atoms with Gasteiger partial charge in [-0.1, -0.05) is 12.5 Å². The lowest BCUT2D eigenvalue weighted by atomic mass is 9.51. The Bertz CT molecular complexity index is 973. The number of phenolic OH excluding ortho intramolecular Hbond substituents is 1. The van der Waals surface area contributed by atoms with Gasteiger partial charge in [0, 0.05) is 6.42 Å². The molecule has 2 aliphatic heterocycles. The van der Waals surface area contributed by atoms with Gasteiger partial charge in [0.2, 0.25) is 17.1 Å². The van der Waals surface area contributed by atoms with Gasteiger partial charge in [-0.25, -0.2) is 0 Å². The van der Waals surface area contributed by atoms with E-state index >= 15 is 0 Å². The Morgan fingerprint density at radius 1 is 1.21 bits per heavy atom. The third kappa shape index (κ3) is 1.87. The summed E-state index contributed by atoms with van der Waals surface area (Å²) in [5.74, 6) is -2.10. The van der Waals surface area contributed by atoms with Gasteiger partial charge in [-0.05, 0) is 30.5 Å². The summed E-state index contributed by atoms with van der Waals surface area (Å²) < 4.78 is 17.3. The van der Waals surface area contributed by atoms with E-state index in [0.717, 1.165) is 12.8 Å². The number of methoxy groups -OCH3 is 1. The SMILES string of the molecule is COc1cc(C2OC34CCCCC3C(C#N)(C(=N)O4)C2(C#N)C#N)ccc1O. The van der Waals surface area contributed by atoms with Crippen molar-refractivity contribution in [2.24, 2.45) is 16.7 Å². The van der Waals surface area contributed by atoms with E-state index in [0.29, 0.717) is 18.4 Å². The Morgan fingerprint density at radius 2 is 1.96 bits per heavy atom. The molecule has 1 aliphatic carbocycles. The van der Waals surface area contributed by atoms with Crippen LogP contribution in [-0.4, -0.2) is 23.9 Å². The van der Waals surface area contributed by atoms with Crippen molar-refractivity contribution in [1.29, 1.82) is 21.2 Å². The summed E-state index contributed by atoms with van der Waals surface area (Å²) >= 11 is 0. The lowest BCUT2D eigenvalue weighted by molar-refractivity contribution is -0.294. The van der Waals surface area contributed by atoms with Crippen LogP contribution in [0.1, 0.15) is 37.4 Å². The van der Waals surface area contributed by atoms with E-state index in [4.69, 9.17) is 19.6 Å². The van der Waals surface area contributed by atoms with Crippen molar-refractivity contribution in [1.82, 2.24) is 0 Å². The summed E-state index contributed by atoms with van der Waals surface area (Å²) in [7, 11) is 1.39. The molecule has 1 saturated carbocycles. The maximum absolute atomic E-state index is 10.2. The van der Waals surface area contributed by atoms with Gasteiger partial charge in [0.15, 0.2) is 16.9 Å². The minimum absolute atomic E-state index is 0.0998. The lowest BCUT2D eigenvalue weighted by Crippen LogP contribution is -2.60. The first-order valence-electron chi connectivity index (χ1n) is 9.01. The number of benzene rings is 1. The van der Waals surface area contributed by atoms with Crippen molar-refractivity contribution in [2.45, 2.75) is 37.6 Å². The molecule has 1 aromatic rings. The quantitative estimate of drug-likeness (QED) is 0.805. The Balaban J connectivity index is 1.99. The molecule has 8 heteroatoms. The van der Waals surface area contributed by atoms with Crippen molar-refractivity contribution in [3.63, 3.8) is 0 Å². The molecule has 4 rings (SSSR count). The van der Waals surface area contributed by atoms with Crippen LogP contribution in [0.5, 0.6) is 11.5 Å². The highest BCUT2D eigenvalue weighted by molar-refractivity contribution is 5.89. The molecule has 0 spiro atoms. The molecule has 3 fully saturated rings. The Morgan fingerprint density at radius 3 is 2.61 bits per heavy atom. The number of hydrogen-bond donors (Lipinski definition) is 2. The third-order valence-corrected chi connectivity index (χ3v) is 6.32. The molecule has 4 atom stereocenters. The lowest BCUT2D eigenvalue weighted by Gasteiger charge is -2.51. The first kappa shape index (κ1) is 18.1. The molecule has 4 unspecified atom stereocenters. The van der Waals surface area contributed by atoms with Crippen LogP contribution in [0.4, 0.5) is 0 Å². The standard InChI is InChI=1S/C20H18N4O4/c1-26-14-8-12(5-6-13(14)25)16-18(9-21,10-22)19(11-23)15-4-2-3-7-20(15,27-16)28-17(19)24/h5-6,8,15-16,24-25H,2-4,7H2,1H3. The van der Waals surface area contributed by atoms with Crippen molar-refractivity contribution in [3.05, 3.63) is 23.8 Å². The van der Waals surface area contributed by atoms with E-state index < -0.39 is 28.6 Å². The number of nitrogens with one attached hydrogen (secondary N) is 1. The zero-order valence-electron chi connectivity index (χ0n) is 15.2. The van der Waals surface area contributed by atoms with E-state index in [-0.39, 0.29) is 17.4 Å². The molecule has 0 amide bonds. The first-order valence-corrected chi connectivity index (χ1v) is 9.01. The van der Waals surface area contributed by atoms with E-state index in [1.807, 2.05) is 12.1 Å². The highest BCUT2D eigenvalue weighted by Crippen LogP contribution is 2.69. The van der Waals surface area contributed by atoms with Crippen LogP contribution in [0, 0.1) is 56.2 Å². The van der Waals surface area contributed by atoms with Gasteiger partial charge >= 0.3 is 0 Å². The van der Waals surface area contributed by atoms with Crippen LogP contribution in [0.25, 0.3) is 0 Å². The average molecular weight is 378 g/mol. The predicted octanol–water partition coefficient (Wildman–Crippen LogP) is 2.91. The van der Waals surface area contributed by atoms with E-state index in [1.165, 1.54) is 25.3 Å². The second-order valence-electron chi connectivity index (χ2n) is 7.42. The van der Waals surface area contributed by atoms with Crippen LogP contribution < -0.4 is 4.74 Å². The third-order valence-electron chi connectivity index (χ3n) is 6.32. The summed E-state index contributed by atoms with van der Waals surface area (Å²) in [6.45, 7) is 0. The molecular formula is C20H18N4O4. The van der Waals surface area contributed by atoms with Crippen molar-refractivity contribution >= 4 is 5.90 Å². The van der Waals surface area contributed by atoms with E-state index in [1.54, 1.807) is 0 Å². The fraction of sp³-hybridized carbons (Fsp3) is 0.500. The molecule has 2 N–H and O–H groups in total. The molecule has 1 aromatic carbocycles. The van der Waals surface area contributed by atoms with Gasteiger partial charge in [0.25, 0.3) is 0 Å². The largest absolute Gasteiger partial charge is 0.504 e. The Labute approximate surface area is 162 Å². The number of hydrogen-bond acceptors (Lipinski definition) is 8. The van der Waals surface area contributed by atoms with Gasteiger partial charge in [0.1, 0.15) is 6.10 Å². The molecule has 2 bridgehead atoms. The first-order chi connectivity index (χ1) is 13.4. The smallest absolute Gasteiger partial charge is 0.217 e. The minimum Gasteiger partial charge on any atom is -0.504 e. The fourth-order valence-electron chi connectivity index (χ4n) is 5.02. The number of rotatable bonds is 2. The van der Waals surface area contributed by atoms with Gasteiger partial charge in [-0.15, -0.1) is 0 Å². The number of nitrogens with zero attached hydrogens (tertiary/aromatic N) is 3. The van der Waals surface area contributed by atoms with Crippen molar-refractivity contribution in [3.8, 4) is 29.7 Å². The summed E-state index contributed by atoms with van der Waals surface area (Å²) in [5, 5.41) is 48.8. The molecule has 28 heavy (non-hydrogen) atoms. The Kier molecular flexibility index (Phi) is 3.79. The van der Waals surface area contributed by atoms with Crippen LogP contribution in [0.2, 0.25) is 0 Å². The number of phenols is 1. The van der Waals surface area contributed by atoms with Crippen LogP contribution in [-0.2, 0) is 9.47 Å². The van der Waals surface area contributed by atoms with Crippen LogP contribution in [0.3, 0.4) is 0 Å². The second-order valence-corrected chi connectivity index (χ2v) is 7.42. The van der Waals surface area contributed by atoms with Crippen molar-refractivity contribution < 1.29 is 19.3 Å². The monoisotopic (exact) mass is 378 g/mol.